The van der Waals surface area contributed by atoms with E-state index in [1.807, 2.05) is 17.5 Å². The molecule has 0 N–H and O–H groups in total. The van der Waals surface area contributed by atoms with E-state index >= 15 is 0 Å². The lowest BCUT2D eigenvalue weighted by Gasteiger charge is -2.09. The van der Waals surface area contributed by atoms with Crippen molar-refractivity contribution in [3.8, 4) is 17.1 Å². The van der Waals surface area contributed by atoms with Gasteiger partial charge in [0, 0.05) is 58.9 Å². The molecule has 164 valence electrons. The fraction of sp³-hybridized carbons (Fsp3) is 0. The summed E-state index contributed by atoms with van der Waals surface area (Å²) in [5.41, 5.74) is 4.25. The molecular formula is C30H17N3S2. The molecule has 0 radical (unpaired) electrons. The Labute approximate surface area is 208 Å². The van der Waals surface area contributed by atoms with Crippen molar-refractivity contribution in [3.63, 3.8) is 0 Å². The zero-order chi connectivity index (χ0) is 22.9. The second kappa shape index (κ2) is 7.22. The van der Waals surface area contributed by atoms with Crippen LogP contribution in [-0.2, 0) is 0 Å². The van der Waals surface area contributed by atoms with Crippen LogP contribution in [0.2, 0.25) is 0 Å². The van der Waals surface area contributed by atoms with E-state index in [1.165, 1.54) is 41.9 Å². The van der Waals surface area contributed by atoms with Crippen molar-refractivity contribution in [3.05, 3.63) is 102 Å². The van der Waals surface area contributed by atoms with E-state index in [0.29, 0.717) is 0 Å². The molecule has 0 aliphatic carbocycles. The summed E-state index contributed by atoms with van der Waals surface area (Å²) in [6.45, 7) is 0. The van der Waals surface area contributed by atoms with Gasteiger partial charge in [-0.25, -0.2) is 9.97 Å². The third kappa shape index (κ3) is 2.71. The predicted molar refractivity (Wildman–Crippen MR) is 150 cm³/mol. The first-order chi connectivity index (χ1) is 17.4. The molecule has 0 spiro atoms. The molecule has 8 rings (SSSR count). The van der Waals surface area contributed by atoms with Gasteiger partial charge in [-0.2, -0.15) is 0 Å². The third-order valence-electron chi connectivity index (χ3n) is 6.79. The Hall–Kier alpha value is -4.06. The van der Waals surface area contributed by atoms with E-state index in [2.05, 4.69) is 100 Å². The monoisotopic (exact) mass is 483 g/mol. The number of aromatic nitrogens is 3. The first-order valence-electron chi connectivity index (χ1n) is 11.5. The van der Waals surface area contributed by atoms with E-state index in [-0.39, 0.29) is 0 Å². The highest BCUT2D eigenvalue weighted by Gasteiger charge is 2.18. The van der Waals surface area contributed by atoms with Gasteiger partial charge in [0.25, 0.3) is 0 Å². The molecule has 0 amide bonds. The molecular weight excluding hydrogens is 466 g/mol. The van der Waals surface area contributed by atoms with Gasteiger partial charge in [0.15, 0.2) is 0 Å². The summed E-state index contributed by atoms with van der Waals surface area (Å²) in [6, 6.07) is 29.9. The van der Waals surface area contributed by atoms with Crippen molar-refractivity contribution in [1.29, 1.82) is 0 Å². The summed E-state index contributed by atoms with van der Waals surface area (Å²) in [5, 5.41) is 11.8. The maximum Gasteiger partial charge on any atom is 0.147 e. The van der Waals surface area contributed by atoms with Gasteiger partial charge in [-0.1, -0.05) is 66.7 Å². The maximum absolute atomic E-state index is 5.20. The van der Waals surface area contributed by atoms with Gasteiger partial charge in [0.2, 0.25) is 0 Å². The average molecular weight is 484 g/mol. The van der Waals surface area contributed by atoms with Gasteiger partial charge in [0.1, 0.15) is 11.5 Å². The normalized spacial score (nSPS) is 12.0. The standard InChI is InChI=1S/C30H17N3S2/c1-2-8-19-18(7-1)15-31-30-28(19)23-16-34-17-25(23)33(30)27-14-6-12-24(32-27)22-11-5-10-21-20-9-3-4-13-26(20)35-29(21)22/h1-17H. The molecule has 0 unspecified atom stereocenters. The van der Waals surface area contributed by atoms with Crippen LogP contribution in [0.1, 0.15) is 0 Å². The first-order valence-corrected chi connectivity index (χ1v) is 13.2. The number of rotatable bonds is 2. The smallest absolute Gasteiger partial charge is 0.147 e. The summed E-state index contributed by atoms with van der Waals surface area (Å²) in [5.74, 6) is 0.891. The lowest BCUT2D eigenvalue weighted by molar-refractivity contribution is 1.06. The number of benzene rings is 3. The molecule has 0 saturated heterocycles. The molecule has 0 fully saturated rings. The van der Waals surface area contributed by atoms with Crippen molar-refractivity contribution >= 4 is 75.6 Å². The number of fused-ring (bicyclic) bond motifs is 8. The number of hydrogen-bond donors (Lipinski definition) is 0. The summed E-state index contributed by atoms with van der Waals surface area (Å²) in [6.07, 6.45) is 1.97. The highest BCUT2D eigenvalue weighted by Crippen LogP contribution is 2.40. The fourth-order valence-corrected chi connectivity index (χ4v) is 7.26. The second-order valence-electron chi connectivity index (χ2n) is 8.71. The maximum atomic E-state index is 5.20. The van der Waals surface area contributed by atoms with Crippen LogP contribution in [0.4, 0.5) is 0 Å². The third-order valence-corrected chi connectivity index (χ3v) is 8.74. The zero-order valence-corrected chi connectivity index (χ0v) is 20.1. The summed E-state index contributed by atoms with van der Waals surface area (Å²) in [7, 11) is 0. The summed E-state index contributed by atoms with van der Waals surface area (Å²) >= 11 is 3.56. The quantitative estimate of drug-likeness (QED) is 0.246. The minimum absolute atomic E-state index is 0.891. The Morgan fingerprint density at radius 2 is 1.51 bits per heavy atom. The Balaban J connectivity index is 1.41. The topological polar surface area (TPSA) is 30.7 Å². The molecule has 0 atom stereocenters. The van der Waals surface area contributed by atoms with Crippen LogP contribution in [0.25, 0.3) is 70.0 Å². The fourth-order valence-electron chi connectivity index (χ4n) is 5.23. The van der Waals surface area contributed by atoms with Crippen LogP contribution in [0, 0.1) is 0 Å². The van der Waals surface area contributed by atoms with Crippen molar-refractivity contribution in [2.75, 3.05) is 0 Å². The lowest BCUT2D eigenvalue weighted by atomic mass is 10.1. The molecule has 35 heavy (non-hydrogen) atoms. The van der Waals surface area contributed by atoms with E-state index in [4.69, 9.17) is 9.97 Å². The number of hydrogen-bond acceptors (Lipinski definition) is 4. The minimum Gasteiger partial charge on any atom is -0.277 e. The molecule has 3 aromatic carbocycles. The Bertz CT molecular complexity index is 2080. The number of pyridine rings is 2. The Morgan fingerprint density at radius 1 is 0.686 bits per heavy atom. The van der Waals surface area contributed by atoms with Crippen LogP contribution in [0.3, 0.4) is 0 Å². The van der Waals surface area contributed by atoms with Crippen LogP contribution in [0.15, 0.2) is 102 Å². The molecule has 5 heteroatoms. The van der Waals surface area contributed by atoms with Gasteiger partial charge in [-0.15, -0.1) is 22.7 Å². The summed E-state index contributed by atoms with van der Waals surface area (Å²) < 4.78 is 4.79. The Morgan fingerprint density at radius 3 is 2.49 bits per heavy atom. The molecule has 5 heterocycles. The van der Waals surface area contributed by atoms with Gasteiger partial charge < -0.3 is 0 Å². The van der Waals surface area contributed by atoms with Crippen molar-refractivity contribution in [1.82, 2.24) is 14.5 Å². The average Bonchev–Trinajstić information content (AvgIpc) is 3.61. The van der Waals surface area contributed by atoms with Gasteiger partial charge in [0.05, 0.1) is 11.2 Å². The minimum atomic E-state index is 0.891. The highest BCUT2D eigenvalue weighted by atomic mass is 32.1. The van der Waals surface area contributed by atoms with Gasteiger partial charge in [-0.3, -0.25) is 4.57 Å². The van der Waals surface area contributed by atoms with E-state index in [0.717, 1.165) is 28.1 Å². The molecule has 0 saturated carbocycles. The Kier molecular flexibility index (Phi) is 3.97. The van der Waals surface area contributed by atoms with Gasteiger partial charge in [-0.05, 0) is 23.6 Å². The van der Waals surface area contributed by atoms with Crippen molar-refractivity contribution < 1.29 is 0 Å². The largest absolute Gasteiger partial charge is 0.277 e. The SMILES string of the molecule is c1cc(-c2cccc3c2sc2ccccc23)nc(-n2c3cscc3c3c4ccccc4cnc32)c1. The number of thiophene rings is 2. The van der Waals surface area contributed by atoms with Crippen molar-refractivity contribution in [2.24, 2.45) is 0 Å². The van der Waals surface area contributed by atoms with Crippen LogP contribution < -0.4 is 0 Å². The van der Waals surface area contributed by atoms with Crippen LogP contribution in [0.5, 0.6) is 0 Å². The van der Waals surface area contributed by atoms with Gasteiger partial charge >= 0.3 is 0 Å². The molecule has 0 aliphatic rings. The number of nitrogens with zero attached hydrogens (tertiary/aromatic N) is 3. The van der Waals surface area contributed by atoms with Crippen LogP contribution >= 0.6 is 22.7 Å². The first kappa shape index (κ1) is 19.3. The molecule has 0 bridgehead atoms. The van der Waals surface area contributed by atoms with E-state index in [1.54, 1.807) is 11.3 Å². The highest BCUT2D eigenvalue weighted by molar-refractivity contribution is 7.26. The molecule has 8 aromatic rings. The second-order valence-corrected chi connectivity index (χ2v) is 10.5. The van der Waals surface area contributed by atoms with Crippen LogP contribution in [-0.4, -0.2) is 14.5 Å². The molecule has 3 nitrogen and oxygen atoms in total. The molecule has 0 aliphatic heterocycles. The zero-order valence-electron chi connectivity index (χ0n) is 18.5. The van der Waals surface area contributed by atoms with Crippen molar-refractivity contribution in [2.45, 2.75) is 0 Å². The van der Waals surface area contributed by atoms with E-state index < -0.39 is 0 Å². The molecule has 5 aromatic heterocycles. The lowest BCUT2D eigenvalue weighted by Crippen LogP contribution is -1.99. The van der Waals surface area contributed by atoms with E-state index in [9.17, 15) is 0 Å². The summed E-state index contributed by atoms with van der Waals surface area (Å²) in [4.78, 5) is 10.1. The predicted octanol–water partition coefficient (Wildman–Crippen LogP) is 8.82.